The molecular weight excluding hydrogens is 232 g/mol. The lowest BCUT2D eigenvalue weighted by atomic mass is 10.1. The third-order valence-electron chi connectivity index (χ3n) is 2.38. The monoisotopic (exact) mass is 260 g/mol. The van der Waals surface area contributed by atoms with Gasteiger partial charge < -0.3 is 14.6 Å². The summed E-state index contributed by atoms with van der Waals surface area (Å²) < 4.78 is 11.5. The van der Waals surface area contributed by atoms with Gasteiger partial charge in [0.2, 0.25) is 0 Å². The van der Waals surface area contributed by atoms with Crippen molar-refractivity contribution in [2.45, 2.75) is 71.5 Å². The van der Waals surface area contributed by atoms with E-state index >= 15 is 0 Å². The Bertz CT molecular complexity index is 241. The van der Waals surface area contributed by atoms with Crippen LogP contribution in [0.4, 0.5) is 0 Å². The quantitative estimate of drug-likeness (QED) is 0.647. The Labute approximate surface area is 111 Å². The molecule has 1 N–H and O–H groups in total. The fourth-order valence-electron chi connectivity index (χ4n) is 1.34. The maximum absolute atomic E-state index is 10.3. The zero-order valence-electron chi connectivity index (χ0n) is 12.4. The number of carbonyl (C=O) groups is 1. The number of unbranched alkanes of at least 4 members (excludes halogenated alkanes) is 2. The SMILES string of the molecule is CC(C)(C)OCC(C)(C)OCCCCCC(=O)O. The molecule has 0 atom stereocenters. The summed E-state index contributed by atoms with van der Waals surface area (Å²) in [5, 5.41) is 8.50. The lowest BCUT2D eigenvalue weighted by Gasteiger charge is -2.30. The highest BCUT2D eigenvalue weighted by molar-refractivity contribution is 5.66. The number of aliphatic carboxylic acids is 1. The normalized spacial score (nSPS) is 12.7. The standard InChI is InChI=1S/C14H28O4/c1-13(2,3)18-11-14(4,5)17-10-8-6-7-9-12(15)16/h6-11H2,1-5H3,(H,15,16). The van der Waals surface area contributed by atoms with Crippen LogP contribution >= 0.6 is 0 Å². The van der Waals surface area contributed by atoms with Gasteiger partial charge in [-0.05, 0) is 47.5 Å². The van der Waals surface area contributed by atoms with Crippen LogP contribution in [-0.4, -0.2) is 35.5 Å². The van der Waals surface area contributed by atoms with Crippen molar-refractivity contribution < 1.29 is 19.4 Å². The molecule has 18 heavy (non-hydrogen) atoms. The maximum atomic E-state index is 10.3. The number of ether oxygens (including phenoxy) is 2. The van der Waals surface area contributed by atoms with Crippen LogP contribution in [0, 0.1) is 0 Å². The van der Waals surface area contributed by atoms with Crippen LogP contribution in [0.15, 0.2) is 0 Å². The average Bonchev–Trinajstić information content (AvgIpc) is 2.19. The number of hydrogen-bond donors (Lipinski definition) is 1. The van der Waals surface area contributed by atoms with Crippen LogP contribution < -0.4 is 0 Å². The lowest BCUT2D eigenvalue weighted by Crippen LogP contribution is -2.35. The van der Waals surface area contributed by atoms with Gasteiger partial charge in [-0.1, -0.05) is 6.42 Å². The number of rotatable bonds is 9. The van der Waals surface area contributed by atoms with Crippen LogP contribution in [0.5, 0.6) is 0 Å². The van der Waals surface area contributed by atoms with Crippen LogP contribution in [-0.2, 0) is 14.3 Å². The molecule has 0 saturated heterocycles. The van der Waals surface area contributed by atoms with E-state index in [9.17, 15) is 4.79 Å². The van der Waals surface area contributed by atoms with Gasteiger partial charge >= 0.3 is 5.97 Å². The molecule has 0 unspecified atom stereocenters. The Balaban J connectivity index is 3.61. The Kier molecular flexibility index (Phi) is 7.48. The minimum Gasteiger partial charge on any atom is -0.481 e. The highest BCUT2D eigenvalue weighted by atomic mass is 16.5. The first-order valence-electron chi connectivity index (χ1n) is 6.62. The molecule has 4 heteroatoms. The van der Waals surface area contributed by atoms with E-state index in [4.69, 9.17) is 14.6 Å². The molecular formula is C14H28O4. The topological polar surface area (TPSA) is 55.8 Å². The van der Waals surface area contributed by atoms with E-state index in [0.717, 1.165) is 19.3 Å². The maximum Gasteiger partial charge on any atom is 0.303 e. The Morgan fingerprint density at radius 2 is 1.61 bits per heavy atom. The summed E-state index contributed by atoms with van der Waals surface area (Å²) in [6.45, 7) is 11.3. The van der Waals surface area contributed by atoms with Crippen molar-refractivity contribution in [2.75, 3.05) is 13.2 Å². The van der Waals surface area contributed by atoms with Gasteiger partial charge in [-0.25, -0.2) is 0 Å². The summed E-state index contributed by atoms with van der Waals surface area (Å²) in [7, 11) is 0. The molecule has 0 aromatic heterocycles. The Morgan fingerprint density at radius 1 is 1.00 bits per heavy atom. The highest BCUT2D eigenvalue weighted by Crippen LogP contribution is 2.16. The molecule has 0 bridgehead atoms. The minimum absolute atomic E-state index is 0.151. The zero-order chi connectivity index (χ0) is 14.2. The first-order valence-corrected chi connectivity index (χ1v) is 6.62. The van der Waals surface area contributed by atoms with Gasteiger partial charge in [0.05, 0.1) is 17.8 Å². The van der Waals surface area contributed by atoms with Crippen molar-refractivity contribution >= 4 is 5.97 Å². The van der Waals surface area contributed by atoms with Crippen LogP contribution in [0.3, 0.4) is 0 Å². The summed E-state index contributed by atoms with van der Waals surface area (Å²) in [5.74, 6) is -0.727. The molecule has 0 aromatic carbocycles. The Hall–Kier alpha value is -0.610. The van der Waals surface area contributed by atoms with E-state index in [1.54, 1.807) is 0 Å². The molecule has 0 heterocycles. The van der Waals surface area contributed by atoms with E-state index in [-0.39, 0.29) is 17.6 Å². The smallest absolute Gasteiger partial charge is 0.303 e. The molecule has 0 spiro atoms. The molecule has 0 radical (unpaired) electrons. The third-order valence-corrected chi connectivity index (χ3v) is 2.38. The second-order valence-corrected chi connectivity index (χ2v) is 6.21. The van der Waals surface area contributed by atoms with Gasteiger partial charge in [0.15, 0.2) is 0 Å². The largest absolute Gasteiger partial charge is 0.481 e. The molecule has 0 amide bonds. The molecule has 0 rings (SSSR count). The second-order valence-electron chi connectivity index (χ2n) is 6.21. The minimum atomic E-state index is -0.727. The van der Waals surface area contributed by atoms with Crippen molar-refractivity contribution in [1.29, 1.82) is 0 Å². The van der Waals surface area contributed by atoms with E-state index in [1.165, 1.54) is 0 Å². The molecule has 0 saturated carbocycles. The molecule has 0 fully saturated rings. The molecule has 0 aliphatic carbocycles. The van der Waals surface area contributed by atoms with Gasteiger partial charge in [0, 0.05) is 13.0 Å². The summed E-state index contributed by atoms with van der Waals surface area (Å²) in [6, 6.07) is 0. The van der Waals surface area contributed by atoms with Gasteiger partial charge in [0.25, 0.3) is 0 Å². The summed E-state index contributed by atoms with van der Waals surface area (Å²) in [6.07, 6.45) is 2.75. The van der Waals surface area contributed by atoms with Crippen molar-refractivity contribution in [1.82, 2.24) is 0 Å². The molecule has 0 aliphatic heterocycles. The molecule has 0 aliphatic rings. The van der Waals surface area contributed by atoms with Crippen molar-refractivity contribution in [3.8, 4) is 0 Å². The predicted octanol–water partition coefficient (Wildman–Crippen LogP) is 3.24. The summed E-state index contributed by atoms with van der Waals surface area (Å²) in [5.41, 5.74) is -0.442. The molecule has 4 nitrogen and oxygen atoms in total. The molecule has 0 aromatic rings. The Morgan fingerprint density at radius 3 is 2.11 bits per heavy atom. The number of hydrogen-bond acceptors (Lipinski definition) is 3. The van der Waals surface area contributed by atoms with Crippen molar-refractivity contribution in [3.05, 3.63) is 0 Å². The van der Waals surface area contributed by atoms with Crippen molar-refractivity contribution in [3.63, 3.8) is 0 Å². The lowest BCUT2D eigenvalue weighted by molar-refractivity contribution is -0.137. The first-order chi connectivity index (χ1) is 8.12. The summed E-state index contributed by atoms with van der Waals surface area (Å²) >= 11 is 0. The van der Waals surface area contributed by atoms with Gasteiger partial charge in [-0.3, -0.25) is 4.79 Å². The number of carboxylic acids is 1. The fraction of sp³-hybridized carbons (Fsp3) is 0.929. The van der Waals surface area contributed by atoms with E-state index < -0.39 is 5.97 Å². The van der Waals surface area contributed by atoms with E-state index in [0.29, 0.717) is 13.2 Å². The van der Waals surface area contributed by atoms with E-state index in [2.05, 4.69) is 0 Å². The van der Waals surface area contributed by atoms with Gasteiger partial charge in [-0.15, -0.1) is 0 Å². The third kappa shape index (κ3) is 11.9. The van der Waals surface area contributed by atoms with E-state index in [1.807, 2.05) is 34.6 Å². The van der Waals surface area contributed by atoms with Crippen LogP contribution in [0.2, 0.25) is 0 Å². The zero-order valence-corrected chi connectivity index (χ0v) is 12.4. The first kappa shape index (κ1) is 17.4. The summed E-state index contributed by atoms with van der Waals surface area (Å²) in [4.78, 5) is 10.3. The van der Waals surface area contributed by atoms with Crippen LogP contribution in [0.25, 0.3) is 0 Å². The van der Waals surface area contributed by atoms with Crippen molar-refractivity contribution in [2.24, 2.45) is 0 Å². The second kappa shape index (κ2) is 7.74. The highest BCUT2D eigenvalue weighted by Gasteiger charge is 2.22. The molecule has 108 valence electrons. The van der Waals surface area contributed by atoms with Gasteiger partial charge in [-0.2, -0.15) is 0 Å². The fourth-order valence-corrected chi connectivity index (χ4v) is 1.34. The van der Waals surface area contributed by atoms with Gasteiger partial charge in [0.1, 0.15) is 0 Å². The number of carboxylic acid groups (broad SMARTS) is 1. The van der Waals surface area contributed by atoms with Crippen LogP contribution in [0.1, 0.15) is 60.3 Å². The average molecular weight is 260 g/mol. The predicted molar refractivity (Wildman–Crippen MR) is 71.8 cm³/mol.